The van der Waals surface area contributed by atoms with Gasteiger partial charge in [0.1, 0.15) is 5.75 Å². The third-order valence-corrected chi connectivity index (χ3v) is 4.93. The number of nitrogens with zero attached hydrogens (tertiary/aromatic N) is 2. The second-order valence-electron chi connectivity index (χ2n) is 8.11. The molecule has 2 N–H and O–H groups in total. The lowest BCUT2D eigenvalue weighted by molar-refractivity contribution is 0.207. The maximum Gasteiger partial charge on any atom is 0.119 e. The predicted molar refractivity (Wildman–Crippen MR) is 99.7 cm³/mol. The topological polar surface area (TPSA) is 59.3 Å². The van der Waals surface area contributed by atoms with E-state index in [9.17, 15) is 5.11 Å². The third-order valence-electron chi connectivity index (χ3n) is 4.93. The van der Waals surface area contributed by atoms with E-state index in [0.717, 1.165) is 48.5 Å². The summed E-state index contributed by atoms with van der Waals surface area (Å²) < 4.78 is 7.39. The Morgan fingerprint density at radius 3 is 2.68 bits per heavy atom. The number of benzene rings is 1. The number of aliphatic hydroxyl groups is 1. The van der Waals surface area contributed by atoms with Crippen molar-refractivity contribution in [3.8, 4) is 17.0 Å². The Labute approximate surface area is 150 Å². The van der Waals surface area contributed by atoms with Gasteiger partial charge >= 0.3 is 0 Å². The van der Waals surface area contributed by atoms with E-state index >= 15 is 0 Å². The van der Waals surface area contributed by atoms with Gasteiger partial charge in [0.2, 0.25) is 0 Å². The lowest BCUT2D eigenvalue weighted by Gasteiger charge is -2.19. The zero-order chi connectivity index (χ0) is 18.1. The van der Waals surface area contributed by atoms with Crippen LogP contribution >= 0.6 is 0 Å². The molecule has 1 aromatic heterocycles. The standard InChI is InChI=1S/C20H29N3O2/c1-19(2,3)23-12-16(11-21-13-20(14-24)8-9-20)18(22-23)15-6-5-7-17(10-15)25-4/h5-7,10,12,21,24H,8-9,11,13-14H2,1-4H3. The summed E-state index contributed by atoms with van der Waals surface area (Å²) in [5.74, 6) is 0.832. The molecule has 136 valence electrons. The van der Waals surface area contributed by atoms with Gasteiger partial charge in [-0.25, -0.2) is 0 Å². The fourth-order valence-electron chi connectivity index (χ4n) is 2.93. The van der Waals surface area contributed by atoms with E-state index in [2.05, 4.69) is 38.4 Å². The van der Waals surface area contributed by atoms with Gasteiger partial charge in [-0.15, -0.1) is 0 Å². The lowest BCUT2D eigenvalue weighted by atomic mass is 10.1. The maximum absolute atomic E-state index is 9.48. The summed E-state index contributed by atoms with van der Waals surface area (Å²) in [7, 11) is 1.68. The second-order valence-corrected chi connectivity index (χ2v) is 8.11. The van der Waals surface area contributed by atoms with Crippen LogP contribution in [0.1, 0.15) is 39.2 Å². The minimum Gasteiger partial charge on any atom is -0.497 e. The first-order valence-electron chi connectivity index (χ1n) is 8.92. The van der Waals surface area contributed by atoms with E-state index in [1.165, 1.54) is 0 Å². The number of aliphatic hydroxyl groups excluding tert-OH is 1. The number of nitrogens with one attached hydrogen (secondary N) is 1. The molecular formula is C20H29N3O2. The van der Waals surface area contributed by atoms with Crippen LogP contribution in [0.2, 0.25) is 0 Å². The Morgan fingerprint density at radius 1 is 1.32 bits per heavy atom. The van der Waals surface area contributed by atoms with Gasteiger partial charge in [-0.05, 0) is 45.7 Å². The van der Waals surface area contributed by atoms with Crippen molar-refractivity contribution in [3.63, 3.8) is 0 Å². The molecular weight excluding hydrogens is 314 g/mol. The van der Waals surface area contributed by atoms with Crippen molar-refractivity contribution in [1.82, 2.24) is 15.1 Å². The first kappa shape index (κ1) is 18.0. The molecule has 0 aliphatic heterocycles. The molecule has 0 unspecified atom stereocenters. The van der Waals surface area contributed by atoms with E-state index < -0.39 is 0 Å². The molecule has 0 amide bonds. The van der Waals surface area contributed by atoms with Crippen molar-refractivity contribution in [2.24, 2.45) is 5.41 Å². The van der Waals surface area contributed by atoms with E-state index in [1.54, 1.807) is 7.11 Å². The fourth-order valence-corrected chi connectivity index (χ4v) is 2.93. The first-order valence-corrected chi connectivity index (χ1v) is 8.92. The molecule has 3 rings (SSSR count). The van der Waals surface area contributed by atoms with Crippen LogP contribution in [-0.2, 0) is 12.1 Å². The highest BCUT2D eigenvalue weighted by Crippen LogP contribution is 2.44. The van der Waals surface area contributed by atoms with Gasteiger partial charge in [0, 0.05) is 42.4 Å². The normalized spacial score (nSPS) is 16.0. The summed E-state index contributed by atoms with van der Waals surface area (Å²) in [4.78, 5) is 0. The molecule has 1 heterocycles. The molecule has 1 aliphatic rings. The van der Waals surface area contributed by atoms with Crippen molar-refractivity contribution in [2.45, 2.75) is 45.7 Å². The van der Waals surface area contributed by atoms with Crippen LogP contribution in [0, 0.1) is 5.41 Å². The molecule has 0 spiro atoms. The number of methoxy groups -OCH3 is 1. The average molecular weight is 343 g/mol. The summed E-state index contributed by atoms with van der Waals surface area (Å²) in [6.07, 6.45) is 4.35. The largest absolute Gasteiger partial charge is 0.497 e. The Balaban J connectivity index is 1.85. The van der Waals surface area contributed by atoms with E-state index in [-0.39, 0.29) is 17.6 Å². The van der Waals surface area contributed by atoms with Crippen LogP contribution in [0.25, 0.3) is 11.3 Å². The highest BCUT2D eigenvalue weighted by atomic mass is 16.5. The maximum atomic E-state index is 9.48. The lowest BCUT2D eigenvalue weighted by Crippen LogP contribution is -2.26. The number of ether oxygens (including phenoxy) is 1. The summed E-state index contributed by atoms with van der Waals surface area (Å²) >= 11 is 0. The average Bonchev–Trinajstić information content (AvgIpc) is 3.23. The van der Waals surface area contributed by atoms with E-state index in [0.29, 0.717) is 0 Å². The van der Waals surface area contributed by atoms with Crippen molar-refractivity contribution in [2.75, 3.05) is 20.3 Å². The van der Waals surface area contributed by atoms with Crippen molar-refractivity contribution in [3.05, 3.63) is 36.0 Å². The molecule has 25 heavy (non-hydrogen) atoms. The van der Waals surface area contributed by atoms with Crippen LogP contribution in [0.4, 0.5) is 0 Å². The summed E-state index contributed by atoms with van der Waals surface area (Å²) in [5, 5.41) is 17.8. The Hall–Kier alpha value is -1.85. The number of rotatable bonds is 7. The van der Waals surface area contributed by atoms with Gasteiger partial charge in [0.25, 0.3) is 0 Å². The minimum atomic E-state index is -0.0747. The highest BCUT2D eigenvalue weighted by Gasteiger charge is 2.41. The Bertz CT molecular complexity index is 727. The molecule has 1 saturated carbocycles. The van der Waals surface area contributed by atoms with Gasteiger partial charge in [0.15, 0.2) is 0 Å². The molecule has 1 fully saturated rings. The van der Waals surface area contributed by atoms with Crippen LogP contribution in [0.5, 0.6) is 5.75 Å². The number of aromatic nitrogens is 2. The van der Waals surface area contributed by atoms with Crippen molar-refractivity contribution < 1.29 is 9.84 Å². The minimum absolute atomic E-state index is 0.0747. The van der Waals surface area contributed by atoms with Gasteiger partial charge in [-0.1, -0.05) is 12.1 Å². The summed E-state index contributed by atoms with van der Waals surface area (Å²) in [5.41, 5.74) is 3.24. The smallest absolute Gasteiger partial charge is 0.119 e. The predicted octanol–water partition coefficient (Wildman–Crippen LogP) is 3.18. The molecule has 5 heteroatoms. The molecule has 1 aromatic carbocycles. The van der Waals surface area contributed by atoms with Gasteiger partial charge in [-0.3, -0.25) is 4.68 Å². The highest BCUT2D eigenvalue weighted by molar-refractivity contribution is 5.64. The molecule has 5 nitrogen and oxygen atoms in total. The monoisotopic (exact) mass is 343 g/mol. The van der Waals surface area contributed by atoms with Crippen molar-refractivity contribution in [1.29, 1.82) is 0 Å². The number of hydrogen-bond acceptors (Lipinski definition) is 4. The van der Waals surface area contributed by atoms with Gasteiger partial charge < -0.3 is 15.2 Å². The van der Waals surface area contributed by atoms with Crippen LogP contribution in [0.3, 0.4) is 0 Å². The molecule has 2 aromatic rings. The molecule has 0 saturated heterocycles. The van der Waals surface area contributed by atoms with Crippen molar-refractivity contribution >= 4 is 0 Å². The van der Waals surface area contributed by atoms with Crippen LogP contribution < -0.4 is 10.1 Å². The summed E-state index contributed by atoms with van der Waals surface area (Å²) in [6.45, 7) is 8.31. The van der Waals surface area contributed by atoms with Crippen LogP contribution in [0.15, 0.2) is 30.5 Å². The van der Waals surface area contributed by atoms with E-state index in [4.69, 9.17) is 9.84 Å². The quantitative estimate of drug-likeness (QED) is 0.811. The Morgan fingerprint density at radius 2 is 2.08 bits per heavy atom. The van der Waals surface area contributed by atoms with Gasteiger partial charge in [0.05, 0.1) is 18.3 Å². The second kappa shape index (κ2) is 6.81. The first-order chi connectivity index (χ1) is 11.9. The zero-order valence-electron chi connectivity index (χ0n) is 15.7. The Kier molecular flexibility index (Phi) is 4.89. The zero-order valence-corrected chi connectivity index (χ0v) is 15.7. The molecule has 0 radical (unpaired) electrons. The van der Waals surface area contributed by atoms with E-state index in [1.807, 2.05) is 22.9 Å². The van der Waals surface area contributed by atoms with Crippen LogP contribution in [-0.4, -0.2) is 35.1 Å². The molecule has 1 aliphatic carbocycles. The van der Waals surface area contributed by atoms with Gasteiger partial charge in [-0.2, -0.15) is 5.10 Å². The third kappa shape index (κ3) is 4.05. The number of hydrogen-bond donors (Lipinski definition) is 2. The molecule has 0 atom stereocenters. The molecule has 0 bridgehead atoms. The summed E-state index contributed by atoms with van der Waals surface area (Å²) in [6, 6.07) is 8.03. The fraction of sp³-hybridized carbons (Fsp3) is 0.550. The SMILES string of the molecule is COc1cccc(-c2nn(C(C)(C)C)cc2CNCC2(CO)CC2)c1.